The lowest BCUT2D eigenvalue weighted by Crippen LogP contribution is -2.30. The fourth-order valence-electron chi connectivity index (χ4n) is 1.95. The molecule has 6 heteroatoms. The summed E-state index contributed by atoms with van der Waals surface area (Å²) in [5.74, 6) is 0.108. The van der Waals surface area contributed by atoms with Crippen molar-refractivity contribution in [3.8, 4) is 0 Å². The third kappa shape index (κ3) is 3.24. The quantitative estimate of drug-likeness (QED) is 0.870. The van der Waals surface area contributed by atoms with Crippen LogP contribution >= 0.6 is 22.7 Å². The molecule has 0 aromatic carbocycles. The van der Waals surface area contributed by atoms with Gasteiger partial charge < -0.3 is 4.90 Å². The van der Waals surface area contributed by atoms with Gasteiger partial charge in [-0.25, -0.2) is 9.97 Å². The molecule has 0 saturated heterocycles. The molecular weight excluding hydrogens is 290 g/mol. The number of likely N-dealkylation sites (N-methyl/N-ethyl adjacent to an activating group) is 1. The average Bonchev–Trinajstić information content (AvgIpc) is 2.94. The van der Waals surface area contributed by atoms with Gasteiger partial charge in [0, 0.05) is 23.0 Å². The Morgan fingerprint density at radius 2 is 2.05 bits per heavy atom. The Labute approximate surface area is 127 Å². The Kier molecular flexibility index (Phi) is 4.55. The zero-order valence-electron chi connectivity index (χ0n) is 12.4. The molecule has 0 fully saturated rings. The van der Waals surface area contributed by atoms with Gasteiger partial charge in [0.1, 0.15) is 5.01 Å². The molecule has 0 radical (unpaired) electrons. The van der Waals surface area contributed by atoms with Gasteiger partial charge in [-0.15, -0.1) is 22.7 Å². The van der Waals surface area contributed by atoms with Gasteiger partial charge in [0.25, 0.3) is 0 Å². The molecule has 0 aliphatic rings. The number of aromatic nitrogens is 2. The Hall–Kier alpha value is -1.27. The Balaban J connectivity index is 2.07. The molecule has 2 heterocycles. The fourth-order valence-corrected chi connectivity index (χ4v) is 3.77. The van der Waals surface area contributed by atoms with Crippen LogP contribution in [0.4, 0.5) is 0 Å². The molecule has 1 amide bonds. The number of hydrogen-bond donors (Lipinski definition) is 0. The van der Waals surface area contributed by atoms with E-state index in [9.17, 15) is 4.79 Å². The number of rotatable bonds is 4. The van der Waals surface area contributed by atoms with Crippen LogP contribution in [0.15, 0.2) is 5.38 Å². The third-order valence-corrected chi connectivity index (χ3v) is 5.49. The van der Waals surface area contributed by atoms with Crippen molar-refractivity contribution in [1.29, 1.82) is 0 Å². The summed E-state index contributed by atoms with van der Waals surface area (Å²) in [5, 5.41) is 4.01. The van der Waals surface area contributed by atoms with E-state index < -0.39 is 0 Å². The van der Waals surface area contributed by atoms with E-state index in [1.807, 2.05) is 40.1 Å². The Morgan fingerprint density at radius 3 is 2.55 bits per heavy atom. The fraction of sp³-hybridized carbons (Fsp3) is 0.500. The van der Waals surface area contributed by atoms with Crippen LogP contribution in [0, 0.1) is 20.8 Å². The second-order valence-corrected chi connectivity index (χ2v) is 7.10. The summed E-state index contributed by atoms with van der Waals surface area (Å²) in [6.45, 7) is 7.91. The van der Waals surface area contributed by atoms with Crippen LogP contribution in [-0.4, -0.2) is 27.8 Å². The summed E-state index contributed by atoms with van der Waals surface area (Å²) in [6.07, 6.45) is 0.419. The highest BCUT2D eigenvalue weighted by Gasteiger charge is 2.21. The van der Waals surface area contributed by atoms with Crippen LogP contribution in [0.3, 0.4) is 0 Å². The number of aryl methyl sites for hydroxylation is 3. The molecule has 2 rings (SSSR count). The van der Waals surface area contributed by atoms with Gasteiger partial charge in [-0.1, -0.05) is 0 Å². The Morgan fingerprint density at radius 1 is 1.35 bits per heavy atom. The third-order valence-electron chi connectivity index (χ3n) is 3.28. The topological polar surface area (TPSA) is 46.1 Å². The summed E-state index contributed by atoms with van der Waals surface area (Å²) < 4.78 is 0. The van der Waals surface area contributed by atoms with E-state index in [0.717, 1.165) is 26.3 Å². The largest absolute Gasteiger partial charge is 0.336 e. The van der Waals surface area contributed by atoms with Crippen molar-refractivity contribution < 1.29 is 4.79 Å². The summed E-state index contributed by atoms with van der Waals surface area (Å²) >= 11 is 3.20. The SMILES string of the molecule is Cc1csc([C@H](C)N(C)C(=O)Cc2sc(C)nc2C)n1. The molecule has 2 aromatic heterocycles. The first kappa shape index (κ1) is 15.1. The smallest absolute Gasteiger partial charge is 0.228 e. The summed E-state index contributed by atoms with van der Waals surface area (Å²) in [7, 11) is 1.84. The molecule has 0 saturated carbocycles. The maximum atomic E-state index is 12.4. The van der Waals surface area contributed by atoms with Crippen LogP contribution in [0.1, 0.15) is 39.2 Å². The minimum Gasteiger partial charge on any atom is -0.336 e. The molecule has 108 valence electrons. The van der Waals surface area contributed by atoms with Gasteiger partial charge in [-0.3, -0.25) is 4.79 Å². The van der Waals surface area contributed by atoms with Crippen LogP contribution in [0.2, 0.25) is 0 Å². The number of carbonyl (C=O) groups excluding carboxylic acids is 1. The first-order valence-corrected chi connectivity index (χ1v) is 8.18. The van der Waals surface area contributed by atoms with Gasteiger partial charge in [-0.2, -0.15) is 0 Å². The van der Waals surface area contributed by atoms with Crippen molar-refractivity contribution in [3.63, 3.8) is 0 Å². The zero-order chi connectivity index (χ0) is 14.9. The standard InChI is InChI=1S/C14H19N3OS2/c1-8-7-19-14(15-8)10(3)17(5)13(18)6-12-9(2)16-11(4)20-12/h7,10H,6H2,1-5H3/t10-/m0/s1. The molecule has 0 spiro atoms. The number of nitrogens with zero attached hydrogens (tertiary/aromatic N) is 3. The van der Waals surface area contributed by atoms with Gasteiger partial charge >= 0.3 is 0 Å². The predicted molar refractivity (Wildman–Crippen MR) is 83.3 cm³/mol. The van der Waals surface area contributed by atoms with Crippen molar-refractivity contribution in [2.24, 2.45) is 0 Å². The van der Waals surface area contributed by atoms with Crippen molar-refractivity contribution in [2.45, 2.75) is 40.2 Å². The van der Waals surface area contributed by atoms with E-state index in [-0.39, 0.29) is 11.9 Å². The highest BCUT2D eigenvalue weighted by Crippen LogP contribution is 2.24. The molecule has 0 unspecified atom stereocenters. The Bertz CT molecular complexity index is 618. The summed E-state index contributed by atoms with van der Waals surface area (Å²) in [5.41, 5.74) is 1.97. The number of amides is 1. The van der Waals surface area contributed by atoms with Crippen molar-refractivity contribution in [1.82, 2.24) is 14.9 Å². The van der Waals surface area contributed by atoms with Crippen molar-refractivity contribution in [2.75, 3.05) is 7.05 Å². The first-order chi connectivity index (χ1) is 9.38. The summed E-state index contributed by atoms with van der Waals surface area (Å²) in [6, 6.07) is 0.00974. The van der Waals surface area contributed by atoms with E-state index >= 15 is 0 Å². The molecule has 2 aromatic rings. The van der Waals surface area contributed by atoms with Gasteiger partial charge in [0.2, 0.25) is 5.91 Å². The molecule has 0 aliphatic carbocycles. The van der Waals surface area contributed by atoms with Gasteiger partial charge in [-0.05, 0) is 27.7 Å². The maximum absolute atomic E-state index is 12.4. The minimum absolute atomic E-state index is 0.00974. The van der Waals surface area contributed by atoms with E-state index in [4.69, 9.17) is 0 Å². The van der Waals surface area contributed by atoms with Gasteiger partial charge in [0.15, 0.2) is 0 Å². The second-order valence-electron chi connectivity index (χ2n) is 4.93. The van der Waals surface area contributed by atoms with E-state index in [1.54, 1.807) is 27.6 Å². The number of carbonyl (C=O) groups is 1. The van der Waals surface area contributed by atoms with E-state index in [2.05, 4.69) is 9.97 Å². The first-order valence-electron chi connectivity index (χ1n) is 6.49. The van der Waals surface area contributed by atoms with Crippen LogP contribution < -0.4 is 0 Å². The van der Waals surface area contributed by atoms with Gasteiger partial charge in [0.05, 0.1) is 23.2 Å². The number of thiazole rings is 2. The molecule has 20 heavy (non-hydrogen) atoms. The molecule has 1 atom stereocenters. The highest BCUT2D eigenvalue weighted by molar-refractivity contribution is 7.11. The molecule has 4 nitrogen and oxygen atoms in total. The average molecular weight is 309 g/mol. The maximum Gasteiger partial charge on any atom is 0.228 e. The lowest BCUT2D eigenvalue weighted by Gasteiger charge is -2.23. The lowest BCUT2D eigenvalue weighted by molar-refractivity contribution is -0.131. The normalized spacial score (nSPS) is 12.4. The van der Waals surface area contributed by atoms with Crippen molar-refractivity contribution in [3.05, 3.63) is 31.7 Å². The second kappa shape index (κ2) is 6.01. The van der Waals surface area contributed by atoms with Crippen molar-refractivity contribution >= 4 is 28.6 Å². The number of hydrogen-bond acceptors (Lipinski definition) is 5. The monoisotopic (exact) mass is 309 g/mol. The lowest BCUT2D eigenvalue weighted by atomic mass is 10.2. The summed E-state index contributed by atoms with van der Waals surface area (Å²) in [4.78, 5) is 24.0. The highest BCUT2D eigenvalue weighted by atomic mass is 32.1. The molecular formula is C14H19N3OS2. The zero-order valence-corrected chi connectivity index (χ0v) is 14.1. The van der Waals surface area contributed by atoms with E-state index in [0.29, 0.717) is 6.42 Å². The predicted octanol–water partition coefficient (Wildman–Crippen LogP) is 3.29. The molecule has 0 aliphatic heterocycles. The van der Waals surface area contributed by atoms with Crippen LogP contribution in [0.25, 0.3) is 0 Å². The molecule has 0 bridgehead atoms. The van der Waals surface area contributed by atoms with E-state index in [1.165, 1.54) is 0 Å². The molecule has 0 N–H and O–H groups in total. The van der Waals surface area contributed by atoms with Crippen LogP contribution in [-0.2, 0) is 11.2 Å². The van der Waals surface area contributed by atoms with Crippen LogP contribution in [0.5, 0.6) is 0 Å². The minimum atomic E-state index is 0.00974.